The monoisotopic (exact) mass is 482 g/mol. The van der Waals surface area contributed by atoms with Crippen LogP contribution >= 0.6 is 45.2 Å². The van der Waals surface area contributed by atoms with Crippen molar-refractivity contribution in [2.75, 3.05) is 0 Å². The van der Waals surface area contributed by atoms with E-state index >= 15 is 0 Å². The summed E-state index contributed by atoms with van der Waals surface area (Å²) in [7, 11) is 0. The van der Waals surface area contributed by atoms with Crippen molar-refractivity contribution in [3.8, 4) is 17.2 Å². The molecule has 0 fully saturated rings. The van der Waals surface area contributed by atoms with Crippen LogP contribution in [0.3, 0.4) is 0 Å². The summed E-state index contributed by atoms with van der Waals surface area (Å²) >= 11 is 4.03. The highest BCUT2D eigenvalue weighted by molar-refractivity contribution is 14.1. The normalized spacial score (nSPS) is 10.2. The third-order valence-electron chi connectivity index (χ3n) is 2.33. The van der Waals surface area contributed by atoms with Gasteiger partial charge >= 0.3 is 5.97 Å². The molecule has 0 aromatic heterocycles. The molecule has 2 aromatic carbocycles. The minimum Gasteiger partial charge on any atom is -0.507 e. The van der Waals surface area contributed by atoms with E-state index in [0.717, 1.165) is 0 Å². The molecule has 4 nitrogen and oxygen atoms in total. The van der Waals surface area contributed by atoms with Crippen LogP contribution < -0.4 is 4.74 Å². The fourth-order valence-corrected chi connectivity index (χ4v) is 2.51. The molecule has 2 N–H and O–H groups in total. The summed E-state index contributed by atoms with van der Waals surface area (Å²) in [6.45, 7) is 0. The van der Waals surface area contributed by atoms with Crippen molar-refractivity contribution in [2.24, 2.45) is 0 Å². The molecule has 19 heavy (non-hydrogen) atoms. The van der Waals surface area contributed by atoms with Gasteiger partial charge in [-0.2, -0.15) is 0 Å². The zero-order valence-corrected chi connectivity index (χ0v) is 13.7. The highest BCUT2D eigenvalue weighted by atomic mass is 127. The number of carboxylic acids is 1. The lowest BCUT2D eigenvalue weighted by Gasteiger charge is -2.09. The van der Waals surface area contributed by atoms with E-state index in [1.165, 1.54) is 6.07 Å². The van der Waals surface area contributed by atoms with Crippen LogP contribution in [0.1, 0.15) is 10.4 Å². The first-order valence-electron chi connectivity index (χ1n) is 5.16. The number of rotatable bonds is 3. The van der Waals surface area contributed by atoms with Gasteiger partial charge in [-0.05, 0) is 81.6 Å². The number of hydrogen-bond acceptors (Lipinski definition) is 3. The smallest absolute Gasteiger partial charge is 0.335 e. The summed E-state index contributed by atoms with van der Waals surface area (Å²) in [5.41, 5.74) is 0.219. The Labute approximate surface area is 136 Å². The SMILES string of the molecule is O=C(O)c1ccc(Oc2ccc(O)c(I)c2)c(I)c1. The number of aromatic hydroxyl groups is 1. The van der Waals surface area contributed by atoms with E-state index in [9.17, 15) is 9.90 Å². The third kappa shape index (κ3) is 3.50. The predicted molar refractivity (Wildman–Crippen MR) is 87.0 cm³/mol. The van der Waals surface area contributed by atoms with Crippen molar-refractivity contribution in [3.63, 3.8) is 0 Å². The highest BCUT2D eigenvalue weighted by Crippen LogP contribution is 2.30. The van der Waals surface area contributed by atoms with Gasteiger partial charge in [-0.1, -0.05) is 0 Å². The molecule has 0 amide bonds. The molecule has 2 aromatic rings. The molecule has 98 valence electrons. The number of phenolic OH excluding ortho intramolecular Hbond substituents is 1. The van der Waals surface area contributed by atoms with E-state index in [2.05, 4.69) is 0 Å². The Morgan fingerprint density at radius 2 is 1.79 bits per heavy atom. The summed E-state index contributed by atoms with van der Waals surface area (Å²) in [6, 6.07) is 9.56. The standard InChI is InChI=1S/C13H8I2O4/c14-9-6-8(2-3-11(9)16)19-12-4-1-7(13(17)18)5-10(12)15/h1-6,16H,(H,17,18). The number of aromatic carboxylic acids is 1. The predicted octanol–water partition coefficient (Wildman–Crippen LogP) is 4.09. The number of carboxylic acid groups (broad SMARTS) is 1. The lowest BCUT2D eigenvalue weighted by atomic mass is 10.2. The molecule has 0 radical (unpaired) electrons. The molecule has 6 heteroatoms. The molecule has 0 saturated heterocycles. The van der Waals surface area contributed by atoms with Gasteiger partial charge in [-0.15, -0.1) is 0 Å². The van der Waals surface area contributed by atoms with Crippen molar-refractivity contribution < 1.29 is 19.7 Å². The van der Waals surface area contributed by atoms with Crippen molar-refractivity contribution in [3.05, 3.63) is 49.1 Å². The van der Waals surface area contributed by atoms with E-state index in [4.69, 9.17) is 9.84 Å². The van der Waals surface area contributed by atoms with Crippen molar-refractivity contribution >= 4 is 51.2 Å². The topological polar surface area (TPSA) is 66.8 Å². The van der Waals surface area contributed by atoms with Crippen LogP contribution in [0, 0.1) is 7.14 Å². The molecule has 0 aliphatic heterocycles. The van der Waals surface area contributed by atoms with E-state index in [-0.39, 0.29) is 11.3 Å². The van der Waals surface area contributed by atoms with Crippen molar-refractivity contribution in [2.45, 2.75) is 0 Å². The first kappa shape index (κ1) is 14.4. The van der Waals surface area contributed by atoms with Crippen LogP contribution in [0.2, 0.25) is 0 Å². The first-order valence-corrected chi connectivity index (χ1v) is 7.32. The number of benzene rings is 2. The Hall–Kier alpha value is -1.03. The van der Waals surface area contributed by atoms with Gasteiger partial charge in [0.25, 0.3) is 0 Å². The van der Waals surface area contributed by atoms with Crippen molar-refractivity contribution in [1.82, 2.24) is 0 Å². The maximum atomic E-state index is 10.8. The zero-order chi connectivity index (χ0) is 14.0. The van der Waals surface area contributed by atoms with Gasteiger partial charge < -0.3 is 14.9 Å². The summed E-state index contributed by atoms with van der Waals surface area (Å²) < 4.78 is 7.06. The number of halogens is 2. The fraction of sp³-hybridized carbons (Fsp3) is 0. The molecule has 0 bridgehead atoms. The molecule has 0 aliphatic carbocycles. The third-order valence-corrected chi connectivity index (χ3v) is 4.03. The Morgan fingerprint density at radius 1 is 1.05 bits per heavy atom. The van der Waals surface area contributed by atoms with Gasteiger partial charge in [0.1, 0.15) is 17.2 Å². The van der Waals surface area contributed by atoms with Gasteiger partial charge in [0, 0.05) is 0 Å². The molecular weight excluding hydrogens is 474 g/mol. The molecule has 0 aliphatic rings. The minimum atomic E-state index is -0.969. The number of phenols is 1. The minimum absolute atomic E-state index is 0.198. The van der Waals surface area contributed by atoms with Crippen LogP contribution in [-0.4, -0.2) is 16.2 Å². The average Bonchev–Trinajstić information content (AvgIpc) is 2.36. The fourth-order valence-electron chi connectivity index (χ4n) is 1.39. The average molecular weight is 482 g/mol. The Kier molecular flexibility index (Phi) is 4.50. The van der Waals surface area contributed by atoms with Crippen LogP contribution in [0.25, 0.3) is 0 Å². The van der Waals surface area contributed by atoms with Crippen LogP contribution in [0.15, 0.2) is 36.4 Å². The van der Waals surface area contributed by atoms with Gasteiger partial charge in [0.15, 0.2) is 0 Å². The molecular formula is C13H8I2O4. The highest BCUT2D eigenvalue weighted by Gasteiger charge is 2.09. The molecule has 2 rings (SSSR count). The summed E-state index contributed by atoms with van der Waals surface area (Å²) in [5, 5.41) is 18.3. The van der Waals surface area contributed by atoms with Crippen molar-refractivity contribution in [1.29, 1.82) is 0 Å². The van der Waals surface area contributed by atoms with Crippen LogP contribution in [0.5, 0.6) is 17.2 Å². The molecule has 0 atom stereocenters. The second kappa shape index (κ2) is 5.95. The van der Waals surface area contributed by atoms with Crippen LogP contribution in [0.4, 0.5) is 0 Å². The van der Waals surface area contributed by atoms with Gasteiger partial charge in [0.05, 0.1) is 12.7 Å². The number of carbonyl (C=O) groups is 1. The van der Waals surface area contributed by atoms with Gasteiger partial charge in [0.2, 0.25) is 0 Å². The van der Waals surface area contributed by atoms with E-state index < -0.39 is 5.97 Å². The maximum Gasteiger partial charge on any atom is 0.335 e. The van der Waals surface area contributed by atoms with E-state index in [1.807, 2.05) is 45.2 Å². The maximum absolute atomic E-state index is 10.8. The van der Waals surface area contributed by atoms with E-state index in [0.29, 0.717) is 18.6 Å². The molecule has 0 saturated carbocycles. The molecule has 0 spiro atoms. The lowest BCUT2D eigenvalue weighted by Crippen LogP contribution is -1.97. The zero-order valence-electron chi connectivity index (χ0n) is 9.43. The first-order chi connectivity index (χ1) is 8.97. The second-order valence-corrected chi connectivity index (χ2v) is 5.99. The number of ether oxygens (including phenoxy) is 1. The quantitative estimate of drug-likeness (QED) is 0.648. The lowest BCUT2D eigenvalue weighted by molar-refractivity contribution is 0.0697. The summed E-state index contributed by atoms with van der Waals surface area (Å²) in [6.07, 6.45) is 0. The van der Waals surface area contributed by atoms with Gasteiger partial charge in [-0.25, -0.2) is 4.79 Å². The largest absolute Gasteiger partial charge is 0.507 e. The Morgan fingerprint density at radius 3 is 2.37 bits per heavy atom. The van der Waals surface area contributed by atoms with E-state index in [1.54, 1.807) is 30.3 Å². The Balaban J connectivity index is 2.28. The molecule has 0 unspecified atom stereocenters. The Bertz CT molecular complexity index is 641. The number of hydrogen-bond donors (Lipinski definition) is 2. The summed E-state index contributed by atoms with van der Waals surface area (Å²) in [4.78, 5) is 10.8. The molecule has 0 heterocycles. The second-order valence-electron chi connectivity index (χ2n) is 3.67. The summed E-state index contributed by atoms with van der Waals surface area (Å²) in [5.74, 6) is 0.391. The van der Waals surface area contributed by atoms with Gasteiger partial charge in [-0.3, -0.25) is 0 Å². The van der Waals surface area contributed by atoms with Crippen LogP contribution in [-0.2, 0) is 0 Å².